The second-order valence-electron chi connectivity index (χ2n) is 5.89. The second kappa shape index (κ2) is 8.52. The Morgan fingerprint density at radius 1 is 1.06 bits per heavy atom. The fraction of sp³-hybridized carbons (Fsp3) is 0.933. The molecular formula is C15H30N2O. The lowest BCUT2D eigenvalue weighted by molar-refractivity contribution is -0.133. The third-order valence-electron chi connectivity index (χ3n) is 3.59. The molecule has 0 aromatic carbocycles. The summed E-state index contributed by atoms with van der Waals surface area (Å²) in [5.41, 5.74) is 0. The van der Waals surface area contributed by atoms with Crippen LogP contribution in [0.5, 0.6) is 0 Å². The Balaban J connectivity index is 2.15. The molecule has 3 heteroatoms. The van der Waals surface area contributed by atoms with Crippen molar-refractivity contribution in [3.05, 3.63) is 0 Å². The highest BCUT2D eigenvalue weighted by molar-refractivity contribution is 5.76. The highest BCUT2D eigenvalue weighted by Crippen LogP contribution is 2.09. The zero-order chi connectivity index (χ0) is 13.4. The van der Waals surface area contributed by atoms with Crippen LogP contribution in [0.4, 0.5) is 0 Å². The molecule has 1 rings (SSSR count). The molecule has 0 aromatic rings. The van der Waals surface area contributed by atoms with Crippen molar-refractivity contribution in [1.29, 1.82) is 0 Å². The lowest BCUT2D eigenvalue weighted by atomic mass is 10.1. The van der Waals surface area contributed by atoms with Crippen LogP contribution >= 0.6 is 0 Å². The van der Waals surface area contributed by atoms with Crippen LogP contribution in [0, 0.1) is 5.92 Å². The fourth-order valence-electron chi connectivity index (χ4n) is 2.56. The van der Waals surface area contributed by atoms with Crippen molar-refractivity contribution >= 4 is 5.91 Å². The van der Waals surface area contributed by atoms with Gasteiger partial charge in [0.25, 0.3) is 0 Å². The molecule has 0 N–H and O–H groups in total. The van der Waals surface area contributed by atoms with E-state index in [2.05, 4.69) is 30.6 Å². The van der Waals surface area contributed by atoms with Gasteiger partial charge in [0.05, 0.1) is 0 Å². The molecule has 1 aliphatic rings. The number of hydrogen-bond acceptors (Lipinski definition) is 2. The number of amides is 1. The SMILES string of the molecule is CCCCCCC(=O)N1CCN(CC(C)C)CC1. The summed E-state index contributed by atoms with van der Waals surface area (Å²) >= 11 is 0. The first-order valence-electron chi connectivity index (χ1n) is 7.63. The third kappa shape index (κ3) is 5.85. The van der Waals surface area contributed by atoms with Gasteiger partial charge >= 0.3 is 0 Å². The molecule has 0 aromatic heterocycles. The molecule has 18 heavy (non-hydrogen) atoms. The molecule has 0 spiro atoms. The van der Waals surface area contributed by atoms with Gasteiger partial charge in [-0.1, -0.05) is 40.0 Å². The molecule has 1 heterocycles. The summed E-state index contributed by atoms with van der Waals surface area (Å²) in [6.45, 7) is 11.8. The zero-order valence-electron chi connectivity index (χ0n) is 12.5. The summed E-state index contributed by atoms with van der Waals surface area (Å²) < 4.78 is 0. The van der Waals surface area contributed by atoms with E-state index in [4.69, 9.17) is 0 Å². The van der Waals surface area contributed by atoms with E-state index in [-0.39, 0.29) is 0 Å². The van der Waals surface area contributed by atoms with Gasteiger partial charge in [-0.15, -0.1) is 0 Å². The predicted molar refractivity (Wildman–Crippen MR) is 76.6 cm³/mol. The van der Waals surface area contributed by atoms with E-state index in [0.29, 0.717) is 5.91 Å². The van der Waals surface area contributed by atoms with Crippen LogP contribution in [0.2, 0.25) is 0 Å². The second-order valence-corrected chi connectivity index (χ2v) is 5.89. The number of hydrogen-bond donors (Lipinski definition) is 0. The highest BCUT2D eigenvalue weighted by Gasteiger charge is 2.20. The lowest BCUT2D eigenvalue weighted by Crippen LogP contribution is -2.49. The molecule has 0 aliphatic carbocycles. The van der Waals surface area contributed by atoms with Crippen molar-refractivity contribution in [1.82, 2.24) is 9.80 Å². The van der Waals surface area contributed by atoms with Crippen LogP contribution in [0.1, 0.15) is 52.9 Å². The first kappa shape index (κ1) is 15.5. The molecule has 3 nitrogen and oxygen atoms in total. The summed E-state index contributed by atoms with van der Waals surface area (Å²) in [6.07, 6.45) is 5.52. The summed E-state index contributed by atoms with van der Waals surface area (Å²) in [4.78, 5) is 16.5. The van der Waals surface area contributed by atoms with E-state index in [0.717, 1.165) is 44.9 Å². The van der Waals surface area contributed by atoms with Gasteiger partial charge in [0.1, 0.15) is 0 Å². The van der Waals surface area contributed by atoms with Crippen LogP contribution in [0.25, 0.3) is 0 Å². The maximum Gasteiger partial charge on any atom is 0.222 e. The maximum absolute atomic E-state index is 12.0. The molecule has 1 aliphatic heterocycles. The van der Waals surface area contributed by atoms with Crippen LogP contribution in [0.15, 0.2) is 0 Å². The number of rotatable bonds is 7. The van der Waals surface area contributed by atoms with Gasteiger partial charge in [0, 0.05) is 39.1 Å². The van der Waals surface area contributed by atoms with E-state index in [9.17, 15) is 4.79 Å². The van der Waals surface area contributed by atoms with Crippen molar-refractivity contribution in [2.24, 2.45) is 5.92 Å². The van der Waals surface area contributed by atoms with Crippen LogP contribution in [-0.2, 0) is 4.79 Å². The van der Waals surface area contributed by atoms with Crippen molar-refractivity contribution in [3.63, 3.8) is 0 Å². The van der Waals surface area contributed by atoms with Gasteiger partial charge in [-0.25, -0.2) is 0 Å². The van der Waals surface area contributed by atoms with E-state index in [1.807, 2.05) is 0 Å². The van der Waals surface area contributed by atoms with Gasteiger partial charge < -0.3 is 4.90 Å². The maximum atomic E-state index is 12.0. The normalized spacial score (nSPS) is 17.4. The Hall–Kier alpha value is -0.570. The van der Waals surface area contributed by atoms with E-state index in [1.165, 1.54) is 25.8 Å². The van der Waals surface area contributed by atoms with Gasteiger partial charge in [-0.2, -0.15) is 0 Å². The topological polar surface area (TPSA) is 23.6 Å². The molecule has 0 unspecified atom stereocenters. The summed E-state index contributed by atoms with van der Waals surface area (Å²) in [5, 5.41) is 0. The Labute approximate surface area is 113 Å². The minimum Gasteiger partial charge on any atom is -0.340 e. The quantitative estimate of drug-likeness (QED) is 0.652. The summed E-state index contributed by atoms with van der Waals surface area (Å²) in [6, 6.07) is 0. The molecule has 1 saturated heterocycles. The average Bonchev–Trinajstić information content (AvgIpc) is 2.34. The van der Waals surface area contributed by atoms with Crippen molar-refractivity contribution in [3.8, 4) is 0 Å². The summed E-state index contributed by atoms with van der Waals surface area (Å²) in [5.74, 6) is 1.09. The highest BCUT2D eigenvalue weighted by atomic mass is 16.2. The average molecular weight is 254 g/mol. The van der Waals surface area contributed by atoms with E-state index in [1.54, 1.807) is 0 Å². The molecule has 1 amide bonds. The Morgan fingerprint density at radius 3 is 2.28 bits per heavy atom. The minimum absolute atomic E-state index is 0.371. The van der Waals surface area contributed by atoms with E-state index >= 15 is 0 Å². The lowest BCUT2D eigenvalue weighted by Gasteiger charge is -2.35. The van der Waals surface area contributed by atoms with Crippen molar-refractivity contribution < 1.29 is 4.79 Å². The van der Waals surface area contributed by atoms with Crippen molar-refractivity contribution in [2.75, 3.05) is 32.7 Å². The fourth-order valence-corrected chi connectivity index (χ4v) is 2.56. The Bertz CT molecular complexity index is 233. The number of nitrogens with zero attached hydrogens (tertiary/aromatic N) is 2. The standard InChI is InChI=1S/C15H30N2O/c1-4-5-6-7-8-15(18)17-11-9-16(10-12-17)13-14(2)3/h14H,4-13H2,1-3H3. The third-order valence-corrected chi connectivity index (χ3v) is 3.59. The molecule has 106 valence electrons. The summed E-state index contributed by atoms with van der Waals surface area (Å²) in [7, 11) is 0. The molecule has 0 atom stereocenters. The van der Waals surface area contributed by atoms with Crippen molar-refractivity contribution in [2.45, 2.75) is 52.9 Å². The number of piperazine rings is 1. The Morgan fingerprint density at radius 2 is 1.72 bits per heavy atom. The zero-order valence-corrected chi connectivity index (χ0v) is 12.5. The first-order chi connectivity index (χ1) is 8.63. The molecule has 1 fully saturated rings. The van der Waals surface area contributed by atoms with Gasteiger partial charge in [-0.05, 0) is 12.3 Å². The van der Waals surface area contributed by atoms with Crippen LogP contribution < -0.4 is 0 Å². The van der Waals surface area contributed by atoms with Gasteiger partial charge in [0.2, 0.25) is 5.91 Å². The van der Waals surface area contributed by atoms with Gasteiger partial charge in [0.15, 0.2) is 0 Å². The van der Waals surface area contributed by atoms with Crippen LogP contribution in [-0.4, -0.2) is 48.4 Å². The smallest absolute Gasteiger partial charge is 0.222 e. The number of carbonyl (C=O) groups is 1. The monoisotopic (exact) mass is 254 g/mol. The number of carbonyl (C=O) groups excluding carboxylic acids is 1. The molecule has 0 bridgehead atoms. The minimum atomic E-state index is 0.371. The first-order valence-corrected chi connectivity index (χ1v) is 7.63. The molecule has 0 saturated carbocycles. The van der Waals surface area contributed by atoms with E-state index < -0.39 is 0 Å². The molecular weight excluding hydrogens is 224 g/mol. The number of unbranched alkanes of at least 4 members (excludes halogenated alkanes) is 3. The molecule has 0 radical (unpaired) electrons. The van der Waals surface area contributed by atoms with Gasteiger partial charge in [-0.3, -0.25) is 9.69 Å². The Kier molecular flexibility index (Phi) is 7.33. The predicted octanol–water partition coefficient (Wildman–Crippen LogP) is 2.76. The van der Waals surface area contributed by atoms with Crippen LogP contribution in [0.3, 0.4) is 0 Å². The largest absolute Gasteiger partial charge is 0.340 e.